The van der Waals surface area contributed by atoms with Crippen LogP contribution in [0, 0.1) is 6.92 Å². The molecule has 0 bridgehead atoms. The van der Waals surface area contributed by atoms with E-state index >= 15 is 0 Å². The minimum Gasteiger partial charge on any atom is -0.462 e. The van der Waals surface area contributed by atoms with Crippen molar-refractivity contribution in [3.05, 3.63) is 46.5 Å². The number of ether oxygens (including phenoxy) is 2. The fourth-order valence-corrected chi connectivity index (χ4v) is 4.22. The topological polar surface area (TPSA) is 124 Å². The molecule has 2 atom stereocenters. The van der Waals surface area contributed by atoms with Gasteiger partial charge < -0.3 is 14.8 Å². The van der Waals surface area contributed by atoms with Crippen LogP contribution >= 0.6 is 23.1 Å². The molecule has 0 aliphatic heterocycles. The first kappa shape index (κ1) is 27.3. The number of carbonyl (C=O) groups excluding carboxylic acids is 4. The average molecular weight is 508 g/mol. The molecule has 0 spiro atoms. The maximum Gasteiger partial charge on any atom is 0.350 e. The molecule has 184 valence electrons. The Bertz CT molecular complexity index is 996. The second-order valence-electron chi connectivity index (χ2n) is 7.15. The van der Waals surface area contributed by atoms with Gasteiger partial charge in [-0.05, 0) is 50.8 Å². The van der Waals surface area contributed by atoms with E-state index in [0.717, 1.165) is 11.3 Å². The fourth-order valence-electron chi connectivity index (χ4n) is 2.88. The number of nitrogens with zero attached hydrogens (tertiary/aromatic N) is 1. The molecule has 1 heterocycles. The van der Waals surface area contributed by atoms with Gasteiger partial charge in [-0.15, -0.1) is 0 Å². The summed E-state index contributed by atoms with van der Waals surface area (Å²) in [6.07, 6.45) is 1.37. The lowest BCUT2D eigenvalue weighted by atomic mass is 10.1. The Hall–Kier alpha value is -2.92. The number of thiazole rings is 1. The molecule has 0 radical (unpaired) electrons. The molecule has 1 aromatic carbocycles. The normalized spacial score (nSPS) is 12.4. The van der Waals surface area contributed by atoms with Gasteiger partial charge in [0.2, 0.25) is 0 Å². The van der Waals surface area contributed by atoms with E-state index < -0.39 is 35.9 Å². The molecule has 0 fully saturated rings. The maximum absolute atomic E-state index is 12.9. The summed E-state index contributed by atoms with van der Waals surface area (Å²) < 4.78 is 10.4. The zero-order chi connectivity index (χ0) is 25.1. The third-order valence-electron chi connectivity index (χ3n) is 4.65. The average Bonchev–Trinajstić information content (AvgIpc) is 3.20. The van der Waals surface area contributed by atoms with Crippen molar-refractivity contribution < 1.29 is 28.7 Å². The maximum atomic E-state index is 12.9. The first-order valence-corrected chi connectivity index (χ1v) is 13.0. The molecule has 0 unspecified atom stereocenters. The van der Waals surface area contributed by atoms with Crippen molar-refractivity contribution in [3.8, 4) is 0 Å². The summed E-state index contributed by atoms with van der Waals surface area (Å²) in [4.78, 5) is 54.6. The number of hydrogen-bond acceptors (Lipinski definition) is 9. The minimum atomic E-state index is -1.09. The van der Waals surface area contributed by atoms with Gasteiger partial charge in [-0.1, -0.05) is 36.5 Å². The van der Waals surface area contributed by atoms with Crippen molar-refractivity contribution in [2.75, 3.05) is 23.9 Å². The van der Waals surface area contributed by atoms with E-state index in [0.29, 0.717) is 28.3 Å². The van der Waals surface area contributed by atoms with Crippen molar-refractivity contribution in [1.82, 2.24) is 10.3 Å². The molecule has 9 nitrogen and oxygen atoms in total. The number of rotatable bonds is 12. The summed E-state index contributed by atoms with van der Waals surface area (Å²) in [7, 11) is 0. The summed E-state index contributed by atoms with van der Waals surface area (Å²) in [5.74, 6) is -1.55. The summed E-state index contributed by atoms with van der Waals surface area (Å²) >= 11 is 2.52. The highest BCUT2D eigenvalue weighted by Crippen LogP contribution is 2.24. The van der Waals surface area contributed by atoms with E-state index in [4.69, 9.17) is 9.47 Å². The summed E-state index contributed by atoms with van der Waals surface area (Å²) in [6.45, 7) is 5.27. The van der Waals surface area contributed by atoms with Crippen molar-refractivity contribution in [1.29, 1.82) is 0 Å². The van der Waals surface area contributed by atoms with Crippen LogP contribution in [0.5, 0.6) is 0 Å². The van der Waals surface area contributed by atoms with Gasteiger partial charge in [0.15, 0.2) is 11.2 Å². The van der Waals surface area contributed by atoms with Gasteiger partial charge in [0.1, 0.15) is 10.9 Å². The first-order chi connectivity index (χ1) is 16.3. The van der Waals surface area contributed by atoms with Crippen LogP contribution in [0.4, 0.5) is 5.13 Å². The van der Waals surface area contributed by atoms with Gasteiger partial charge in [-0.2, -0.15) is 11.8 Å². The number of amides is 2. The molecule has 0 saturated heterocycles. The number of aromatic nitrogens is 1. The number of anilines is 1. The van der Waals surface area contributed by atoms with Gasteiger partial charge in [-0.3, -0.25) is 14.9 Å². The number of carbonyl (C=O) groups is 4. The minimum absolute atomic E-state index is 0.205. The second kappa shape index (κ2) is 13.7. The highest BCUT2D eigenvalue weighted by molar-refractivity contribution is 7.98. The summed E-state index contributed by atoms with van der Waals surface area (Å²) in [5, 5.41) is 5.50. The predicted molar refractivity (Wildman–Crippen MR) is 132 cm³/mol. The first-order valence-electron chi connectivity index (χ1n) is 10.8. The van der Waals surface area contributed by atoms with Gasteiger partial charge in [-0.25, -0.2) is 14.6 Å². The number of esters is 2. The highest BCUT2D eigenvalue weighted by Gasteiger charge is 2.29. The second-order valence-corrected chi connectivity index (χ2v) is 9.14. The summed E-state index contributed by atoms with van der Waals surface area (Å²) in [6, 6.07) is 7.65. The Morgan fingerprint density at radius 3 is 2.47 bits per heavy atom. The van der Waals surface area contributed by atoms with Crippen molar-refractivity contribution in [3.63, 3.8) is 0 Å². The van der Waals surface area contributed by atoms with E-state index in [-0.39, 0.29) is 18.2 Å². The Morgan fingerprint density at radius 2 is 1.85 bits per heavy atom. The molecule has 11 heteroatoms. The standard InChI is InChI=1S/C23H29N3O6S2/c1-5-17(20(28)26-23-24-14(3)18(34-23)22(30)31-6-2)32-21(29)16(12-13-33-4)25-19(27)15-10-8-7-9-11-15/h7-11,16-17H,5-6,12-13H2,1-4H3,(H,25,27)(H,24,26,28)/t16-,17+/m1/s1. The number of benzene rings is 1. The van der Waals surface area contributed by atoms with Crippen molar-refractivity contribution >= 4 is 52.0 Å². The third kappa shape index (κ3) is 7.84. The van der Waals surface area contributed by atoms with E-state index in [1.165, 1.54) is 11.8 Å². The molecule has 2 aromatic rings. The number of nitrogens with one attached hydrogen (secondary N) is 2. The Morgan fingerprint density at radius 1 is 1.15 bits per heavy atom. The van der Waals surface area contributed by atoms with Crippen molar-refractivity contribution in [2.45, 2.75) is 45.8 Å². The van der Waals surface area contributed by atoms with E-state index in [1.807, 2.05) is 6.26 Å². The molecule has 0 saturated carbocycles. The Kier molecular flexibility index (Phi) is 11.0. The van der Waals surface area contributed by atoms with Crippen LogP contribution in [0.3, 0.4) is 0 Å². The zero-order valence-electron chi connectivity index (χ0n) is 19.6. The number of hydrogen-bond donors (Lipinski definition) is 2. The van der Waals surface area contributed by atoms with Crippen LogP contribution in [0.2, 0.25) is 0 Å². The number of thioether (sulfide) groups is 1. The van der Waals surface area contributed by atoms with E-state index in [2.05, 4.69) is 15.6 Å². The van der Waals surface area contributed by atoms with Crippen LogP contribution in [-0.2, 0) is 19.1 Å². The quantitative estimate of drug-likeness (QED) is 0.419. The largest absolute Gasteiger partial charge is 0.462 e. The lowest BCUT2D eigenvalue weighted by Gasteiger charge is -2.21. The molecule has 0 aliphatic carbocycles. The van der Waals surface area contributed by atoms with Gasteiger partial charge >= 0.3 is 11.9 Å². The van der Waals surface area contributed by atoms with Crippen molar-refractivity contribution in [2.24, 2.45) is 0 Å². The van der Waals surface area contributed by atoms with E-state index in [1.54, 1.807) is 51.1 Å². The van der Waals surface area contributed by atoms with Crippen LogP contribution in [-0.4, -0.2) is 59.5 Å². The monoisotopic (exact) mass is 507 g/mol. The molecule has 0 aliphatic rings. The number of aryl methyl sites for hydroxylation is 1. The molecule has 2 N–H and O–H groups in total. The Balaban J connectivity index is 2.06. The lowest BCUT2D eigenvalue weighted by Crippen LogP contribution is -2.45. The zero-order valence-corrected chi connectivity index (χ0v) is 21.2. The molecule has 34 heavy (non-hydrogen) atoms. The molecule has 1 aromatic heterocycles. The van der Waals surface area contributed by atoms with E-state index in [9.17, 15) is 19.2 Å². The predicted octanol–water partition coefficient (Wildman–Crippen LogP) is 3.44. The van der Waals surface area contributed by atoms with Gasteiger partial charge in [0.25, 0.3) is 11.8 Å². The Labute approximate surface area is 207 Å². The molecular weight excluding hydrogens is 478 g/mol. The summed E-state index contributed by atoms with van der Waals surface area (Å²) in [5.41, 5.74) is 0.857. The fraction of sp³-hybridized carbons (Fsp3) is 0.435. The van der Waals surface area contributed by atoms with Gasteiger partial charge in [0, 0.05) is 5.56 Å². The van der Waals surface area contributed by atoms with Crippen LogP contribution in [0.25, 0.3) is 0 Å². The molecule has 2 rings (SSSR count). The van der Waals surface area contributed by atoms with Gasteiger partial charge in [0.05, 0.1) is 12.3 Å². The molecule has 2 amide bonds. The smallest absolute Gasteiger partial charge is 0.350 e. The third-order valence-corrected chi connectivity index (χ3v) is 6.34. The molecular formula is C23H29N3O6S2. The highest BCUT2D eigenvalue weighted by atomic mass is 32.2. The van der Waals surface area contributed by atoms with Crippen LogP contribution in [0.1, 0.15) is 52.4 Å². The SMILES string of the molecule is CCOC(=O)c1sc(NC(=O)[C@H](CC)OC(=O)[C@@H](CCSC)NC(=O)c2ccccc2)nc1C. The lowest BCUT2D eigenvalue weighted by molar-refractivity contribution is -0.156. The van der Waals surface area contributed by atoms with Crippen LogP contribution in [0.15, 0.2) is 30.3 Å². The van der Waals surface area contributed by atoms with Crippen LogP contribution < -0.4 is 10.6 Å².